The number of nitrogens with zero attached hydrogens (tertiary/aromatic N) is 3. The molecular weight excluding hydrogens is 446 g/mol. The first-order chi connectivity index (χ1) is 8.08. The number of aliphatic imine (C=N–C) groups is 1. The fraction of sp³-hybridized carbons (Fsp3) is 0.143. The van der Waals surface area contributed by atoms with E-state index in [0.29, 0.717) is 0 Å². The minimum Gasteiger partial charge on any atom is -0.777 e. The summed E-state index contributed by atoms with van der Waals surface area (Å²) in [4.78, 5) is 18.9. The third-order valence-corrected chi connectivity index (χ3v) is 2.65. The van der Waals surface area contributed by atoms with E-state index in [-0.39, 0.29) is 88.4 Å². The van der Waals surface area contributed by atoms with Crippen LogP contribution in [0.1, 0.15) is 5.69 Å². The Kier molecular flexibility index (Phi) is 12.7. The molecule has 2 radical (unpaired) electrons. The van der Waals surface area contributed by atoms with Gasteiger partial charge in [0.05, 0.1) is 0 Å². The summed E-state index contributed by atoms with van der Waals surface area (Å²) >= 11 is -1.31. The van der Waals surface area contributed by atoms with Gasteiger partial charge in [-0.2, -0.15) is 4.21 Å². The molecule has 1 rings (SSSR count). The van der Waals surface area contributed by atoms with Crippen molar-refractivity contribution < 1.29 is 82.8 Å². The quantitative estimate of drug-likeness (QED) is 0.490. The fourth-order valence-corrected chi connectivity index (χ4v) is 1.72. The van der Waals surface area contributed by atoms with Gasteiger partial charge in [-0.15, -0.1) is 11.3 Å². The Morgan fingerprint density at radius 1 is 1.63 bits per heavy atom. The van der Waals surface area contributed by atoms with Crippen LogP contribution < -0.4 is 5.73 Å². The van der Waals surface area contributed by atoms with Crippen LogP contribution in [0.2, 0.25) is 0 Å². The number of carbonyl (C=O) groups excluding carboxylic acids is 1. The zero-order valence-electron chi connectivity index (χ0n) is 9.68. The number of hydrogen-bond donors (Lipinski definition) is 1. The molecule has 0 aliphatic heterocycles. The molecule has 1 heterocycles. The molecule has 0 saturated heterocycles. The van der Waals surface area contributed by atoms with E-state index in [1.807, 2.05) is 0 Å². The number of aromatic nitrogens is 1. The van der Waals surface area contributed by atoms with E-state index in [1.165, 1.54) is 12.4 Å². The van der Waals surface area contributed by atoms with Crippen molar-refractivity contribution in [3.8, 4) is 0 Å². The van der Waals surface area contributed by atoms with Gasteiger partial charge < -0.3 is 19.5 Å². The van der Waals surface area contributed by atoms with Crippen molar-refractivity contribution in [1.29, 1.82) is 0 Å². The maximum atomic E-state index is 11.5. The summed E-state index contributed by atoms with van der Waals surface area (Å²) in [6.45, 7) is 0. The standard InChI is InChI=1S/C7H7N4O4S2.2Y/c1-10-5(4-2-16-7(9)11-4)6(12)15-17(13)14-3-8;;/h2-3H,1H3,(H2,9,11);;/q-1;;. The van der Waals surface area contributed by atoms with Crippen LogP contribution in [0.25, 0.3) is 5.41 Å². The minimum atomic E-state index is -2.43. The van der Waals surface area contributed by atoms with Crippen molar-refractivity contribution >= 4 is 45.9 Å². The van der Waals surface area contributed by atoms with Crippen LogP contribution in [0.15, 0.2) is 10.4 Å². The first kappa shape index (κ1) is 21.7. The maximum Gasteiger partial charge on any atom is 0.418 e. The molecule has 0 aliphatic rings. The van der Waals surface area contributed by atoms with Crippen LogP contribution >= 0.6 is 11.3 Å². The summed E-state index contributed by atoms with van der Waals surface area (Å²) in [5, 5.41) is 9.94. The summed E-state index contributed by atoms with van der Waals surface area (Å²) in [5.74, 6) is -1.00. The predicted octanol–water partition coefficient (Wildman–Crippen LogP) is -0.125. The van der Waals surface area contributed by atoms with Gasteiger partial charge in [0.1, 0.15) is 5.69 Å². The Balaban J connectivity index is 0. The molecule has 1 aromatic heterocycles. The molecule has 0 aromatic carbocycles. The van der Waals surface area contributed by atoms with Crippen molar-refractivity contribution in [1.82, 2.24) is 4.98 Å². The van der Waals surface area contributed by atoms with Crippen LogP contribution in [-0.4, -0.2) is 34.3 Å². The van der Waals surface area contributed by atoms with Gasteiger partial charge in [0, 0.05) is 77.8 Å². The Hall–Kier alpha value is 0.398. The molecule has 19 heavy (non-hydrogen) atoms. The molecule has 12 heteroatoms. The monoisotopic (exact) mass is 453 g/mol. The Morgan fingerprint density at radius 2 is 2.26 bits per heavy atom. The Bertz CT molecular complexity index is 493. The van der Waals surface area contributed by atoms with Gasteiger partial charge >= 0.3 is 17.3 Å². The third-order valence-electron chi connectivity index (χ3n) is 1.45. The molecule has 98 valence electrons. The topological polar surface area (TPSA) is 126 Å². The number of carbonyl (C=O) groups is 1. The molecule has 0 bridgehead atoms. The molecule has 0 fully saturated rings. The number of nitrogens with two attached hydrogens (primary N) is 1. The molecule has 8 nitrogen and oxygen atoms in total. The number of anilines is 1. The smallest absolute Gasteiger partial charge is 0.418 e. The fourth-order valence-electron chi connectivity index (χ4n) is 0.863. The zero-order chi connectivity index (χ0) is 12.8. The van der Waals surface area contributed by atoms with Crippen LogP contribution in [0.5, 0.6) is 0 Å². The van der Waals surface area contributed by atoms with Crippen LogP contribution in [0.3, 0.4) is 0 Å². The first-order valence-corrected chi connectivity index (χ1v) is 5.92. The Morgan fingerprint density at radius 3 is 2.68 bits per heavy atom. The van der Waals surface area contributed by atoms with Gasteiger partial charge in [-0.1, -0.05) is 0 Å². The molecule has 1 unspecified atom stereocenters. The number of thiazole rings is 1. The SMILES string of the molecule is CN=C(C(=O)OS(=O)OC=[N-])c1csc(N)n1.[Y].[Y]. The Labute approximate surface area is 166 Å². The van der Waals surface area contributed by atoms with Crippen molar-refractivity contribution in [2.45, 2.75) is 0 Å². The van der Waals surface area contributed by atoms with E-state index < -0.39 is 17.3 Å². The van der Waals surface area contributed by atoms with E-state index >= 15 is 0 Å². The van der Waals surface area contributed by atoms with E-state index in [0.717, 1.165) is 11.3 Å². The molecule has 1 aromatic rings. The average Bonchev–Trinajstić information content (AvgIpc) is 2.66. The first-order valence-electron chi connectivity index (χ1n) is 4.04. The van der Waals surface area contributed by atoms with E-state index in [1.54, 1.807) is 0 Å². The molecular formula is C7H7N4O4S2Y2-. The second kappa shape index (κ2) is 11.1. The number of nitrogen functional groups attached to an aromatic ring is 1. The van der Waals surface area contributed by atoms with Crippen LogP contribution in [0, 0.1) is 0 Å². The maximum absolute atomic E-state index is 11.5. The predicted molar refractivity (Wildman–Crippen MR) is 63.7 cm³/mol. The van der Waals surface area contributed by atoms with Gasteiger partial charge in [-0.3, -0.25) is 4.99 Å². The zero-order valence-corrected chi connectivity index (χ0v) is 17.0. The third kappa shape index (κ3) is 7.10. The molecule has 1 atom stereocenters. The van der Waals surface area contributed by atoms with E-state index in [4.69, 9.17) is 11.1 Å². The van der Waals surface area contributed by atoms with Crippen LogP contribution in [0.4, 0.5) is 5.13 Å². The molecule has 2 N–H and O–H groups in total. The van der Waals surface area contributed by atoms with Gasteiger partial charge in [0.25, 0.3) is 0 Å². The van der Waals surface area contributed by atoms with Crippen molar-refractivity contribution in [3.05, 3.63) is 16.5 Å². The molecule has 0 amide bonds. The summed E-state index contributed by atoms with van der Waals surface area (Å²) in [7, 11) is 1.34. The van der Waals surface area contributed by atoms with Crippen molar-refractivity contribution in [2.75, 3.05) is 12.8 Å². The van der Waals surface area contributed by atoms with E-state index in [2.05, 4.69) is 18.3 Å². The average molecular weight is 453 g/mol. The summed E-state index contributed by atoms with van der Waals surface area (Å²) in [5.41, 5.74) is 5.47. The number of rotatable bonds is 5. The molecule has 0 spiro atoms. The second-order valence-electron chi connectivity index (χ2n) is 2.42. The van der Waals surface area contributed by atoms with Crippen molar-refractivity contribution in [3.63, 3.8) is 0 Å². The van der Waals surface area contributed by atoms with E-state index in [9.17, 15) is 9.00 Å². The molecule has 0 aliphatic carbocycles. The van der Waals surface area contributed by atoms with Gasteiger partial charge in [-0.05, 0) is 6.40 Å². The normalized spacial score (nSPS) is 11.5. The summed E-state index contributed by atoms with van der Waals surface area (Å²) < 4.78 is 19.2. The summed E-state index contributed by atoms with van der Waals surface area (Å²) in [6.07, 6.45) is 0.146. The number of hydrogen-bond acceptors (Lipinski definition) is 8. The largest absolute Gasteiger partial charge is 0.777 e. The minimum absolute atomic E-state index is 0. The van der Waals surface area contributed by atoms with Gasteiger partial charge in [-0.25, -0.2) is 9.78 Å². The van der Waals surface area contributed by atoms with Crippen molar-refractivity contribution in [2.24, 2.45) is 4.99 Å². The van der Waals surface area contributed by atoms with Gasteiger partial charge in [0.15, 0.2) is 10.8 Å². The van der Waals surface area contributed by atoms with Gasteiger partial charge in [0.2, 0.25) is 0 Å². The molecule has 0 saturated carbocycles. The summed E-state index contributed by atoms with van der Waals surface area (Å²) in [6, 6.07) is 0. The van der Waals surface area contributed by atoms with Crippen LogP contribution in [-0.2, 0) is 89.9 Å². The second-order valence-corrected chi connectivity index (χ2v) is 4.08.